The van der Waals surface area contributed by atoms with Crippen molar-refractivity contribution in [1.29, 1.82) is 0 Å². The fourth-order valence-corrected chi connectivity index (χ4v) is 2.71. The van der Waals surface area contributed by atoms with Gasteiger partial charge in [-0.3, -0.25) is 14.9 Å². The largest absolute Gasteiger partial charge is 0.491 e. The highest BCUT2D eigenvalue weighted by molar-refractivity contribution is 8.15. The molecule has 1 N–H and O–H groups in total. The highest BCUT2D eigenvalue weighted by Gasteiger charge is 2.30. The van der Waals surface area contributed by atoms with Gasteiger partial charge >= 0.3 is 0 Å². The normalized spacial score (nSPS) is 18.8. The minimum Gasteiger partial charge on any atom is -0.491 e. The summed E-state index contributed by atoms with van der Waals surface area (Å²) in [5, 5.41) is 1.81. The van der Waals surface area contributed by atoms with Crippen LogP contribution in [0.5, 0.6) is 5.75 Å². The van der Waals surface area contributed by atoms with Crippen LogP contribution < -0.4 is 10.1 Å². The summed E-state index contributed by atoms with van der Waals surface area (Å²) in [4.78, 5) is 22.4. The number of rotatable bonds is 5. The lowest BCUT2D eigenvalue weighted by atomic mass is 10.1. The van der Waals surface area contributed by atoms with Gasteiger partial charge in [-0.1, -0.05) is 23.9 Å². The first-order chi connectivity index (χ1) is 9.04. The molecular formula is C14H17NO3S. The Hall–Kier alpha value is -1.49. The van der Waals surface area contributed by atoms with Crippen molar-refractivity contribution in [3.63, 3.8) is 0 Å². The van der Waals surface area contributed by atoms with Gasteiger partial charge in [0.2, 0.25) is 5.91 Å². The molecule has 1 aliphatic heterocycles. The van der Waals surface area contributed by atoms with Crippen LogP contribution in [-0.2, 0) is 11.2 Å². The Labute approximate surface area is 116 Å². The average molecular weight is 279 g/mol. The van der Waals surface area contributed by atoms with Crippen LogP contribution in [0.3, 0.4) is 0 Å². The van der Waals surface area contributed by atoms with Gasteiger partial charge in [-0.25, -0.2) is 0 Å². The molecule has 2 rings (SSSR count). The lowest BCUT2D eigenvalue weighted by Gasteiger charge is -2.10. The standard InChI is InChI=1S/C14H17NO3S/c1-9(2)18-11-6-3-10(4-7-11)5-8-12-13(16)15-14(17)19-12/h3-4,6-7,9,12H,5,8H2,1-2H3,(H,15,16,17)/t12-/m0/s1. The predicted molar refractivity (Wildman–Crippen MR) is 75.4 cm³/mol. The van der Waals surface area contributed by atoms with Crippen LogP contribution in [-0.4, -0.2) is 22.5 Å². The molecule has 1 fully saturated rings. The molecule has 1 atom stereocenters. The third kappa shape index (κ3) is 3.99. The Balaban J connectivity index is 1.86. The van der Waals surface area contributed by atoms with E-state index in [1.165, 1.54) is 0 Å². The molecule has 1 aromatic rings. The van der Waals surface area contributed by atoms with Crippen molar-refractivity contribution in [2.24, 2.45) is 0 Å². The molecule has 0 bridgehead atoms. The summed E-state index contributed by atoms with van der Waals surface area (Å²) >= 11 is 1.08. The number of hydrogen-bond acceptors (Lipinski definition) is 4. The Morgan fingerprint density at radius 1 is 1.26 bits per heavy atom. The fraction of sp³-hybridized carbons (Fsp3) is 0.429. The minimum atomic E-state index is -0.251. The number of carbonyl (C=O) groups is 2. The number of amides is 2. The summed E-state index contributed by atoms with van der Waals surface area (Å²) in [6, 6.07) is 7.86. The maximum Gasteiger partial charge on any atom is 0.286 e. The number of hydrogen-bond donors (Lipinski definition) is 1. The SMILES string of the molecule is CC(C)Oc1ccc(CC[C@@H]2SC(=O)NC2=O)cc1. The van der Waals surface area contributed by atoms with Gasteiger partial charge in [0.15, 0.2) is 0 Å². The number of thioether (sulfide) groups is 1. The summed E-state index contributed by atoms with van der Waals surface area (Å²) in [5.74, 6) is 0.677. The Morgan fingerprint density at radius 3 is 2.47 bits per heavy atom. The van der Waals surface area contributed by atoms with E-state index < -0.39 is 0 Å². The monoisotopic (exact) mass is 279 g/mol. The molecule has 19 heavy (non-hydrogen) atoms. The lowest BCUT2D eigenvalue weighted by Crippen LogP contribution is -2.24. The van der Waals surface area contributed by atoms with Crippen LogP contribution in [0.15, 0.2) is 24.3 Å². The third-order valence-corrected chi connectivity index (χ3v) is 3.81. The zero-order valence-electron chi connectivity index (χ0n) is 11.0. The first kappa shape index (κ1) is 13.9. The van der Waals surface area contributed by atoms with Crippen molar-refractivity contribution in [2.75, 3.05) is 0 Å². The van der Waals surface area contributed by atoms with Crippen molar-refractivity contribution in [3.8, 4) is 5.75 Å². The maximum absolute atomic E-state index is 11.4. The molecule has 1 aliphatic rings. The summed E-state index contributed by atoms with van der Waals surface area (Å²) in [7, 11) is 0. The van der Waals surface area contributed by atoms with Crippen LogP contribution in [0, 0.1) is 0 Å². The molecule has 102 valence electrons. The van der Waals surface area contributed by atoms with Crippen LogP contribution >= 0.6 is 11.8 Å². The summed E-state index contributed by atoms with van der Waals surface area (Å²) < 4.78 is 5.57. The number of nitrogens with one attached hydrogen (secondary N) is 1. The van der Waals surface area contributed by atoms with Gasteiger partial charge in [0.25, 0.3) is 5.24 Å². The Bertz CT molecular complexity index is 470. The zero-order chi connectivity index (χ0) is 13.8. The van der Waals surface area contributed by atoms with Crippen molar-refractivity contribution in [3.05, 3.63) is 29.8 Å². The first-order valence-corrected chi connectivity index (χ1v) is 7.19. The molecule has 4 nitrogen and oxygen atoms in total. The quantitative estimate of drug-likeness (QED) is 0.900. The molecule has 5 heteroatoms. The smallest absolute Gasteiger partial charge is 0.286 e. The second-order valence-electron chi connectivity index (χ2n) is 4.73. The summed E-state index contributed by atoms with van der Waals surface area (Å²) in [5.41, 5.74) is 1.14. The Kier molecular flexibility index (Phi) is 4.47. The van der Waals surface area contributed by atoms with Crippen molar-refractivity contribution < 1.29 is 14.3 Å². The van der Waals surface area contributed by atoms with Gasteiger partial charge in [-0.05, 0) is 44.4 Å². The van der Waals surface area contributed by atoms with Crippen LogP contribution in [0.4, 0.5) is 4.79 Å². The van der Waals surface area contributed by atoms with E-state index in [4.69, 9.17) is 4.74 Å². The van der Waals surface area contributed by atoms with Gasteiger partial charge in [0.1, 0.15) is 5.75 Å². The number of aryl methyl sites for hydroxylation is 1. The molecular weight excluding hydrogens is 262 g/mol. The highest BCUT2D eigenvalue weighted by Crippen LogP contribution is 2.24. The maximum atomic E-state index is 11.4. The summed E-state index contributed by atoms with van der Waals surface area (Å²) in [6.45, 7) is 3.97. The number of imide groups is 1. The van der Waals surface area contributed by atoms with Gasteiger partial charge in [-0.2, -0.15) is 0 Å². The molecule has 0 radical (unpaired) electrons. The van der Waals surface area contributed by atoms with Crippen molar-refractivity contribution >= 4 is 22.9 Å². The minimum absolute atomic E-state index is 0.162. The van der Waals surface area contributed by atoms with Crippen LogP contribution in [0.1, 0.15) is 25.8 Å². The van der Waals surface area contributed by atoms with E-state index in [2.05, 4.69) is 5.32 Å². The van der Waals surface area contributed by atoms with Crippen molar-refractivity contribution in [1.82, 2.24) is 5.32 Å². The Morgan fingerprint density at radius 2 is 1.95 bits per heavy atom. The van der Waals surface area contributed by atoms with E-state index >= 15 is 0 Å². The first-order valence-electron chi connectivity index (χ1n) is 6.31. The fourth-order valence-electron chi connectivity index (χ4n) is 1.89. The van der Waals surface area contributed by atoms with E-state index in [0.717, 1.165) is 29.5 Å². The molecule has 0 saturated carbocycles. The molecule has 0 aromatic heterocycles. The molecule has 2 amide bonds. The van der Waals surface area contributed by atoms with Gasteiger partial charge in [0.05, 0.1) is 11.4 Å². The molecule has 1 aromatic carbocycles. The molecule has 1 saturated heterocycles. The second kappa shape index (κ2) is 6.10. The lowest BCUT2D eigenvalue weighted by molar-refractivity contribution is -0.119. The van der Waals surface area contributed by atoms with Gasteiger partial charge in [-0.15, -0.1) is 0 Å². The summed E-state index contributed by atoms with van der Waals surface area (Å²) in [6.07, 6.45) is 1.61. The molecule has 0 spiro atoms. The van der Waals surface area contributed by atoms with E-state index in [1.807, 2.05) is 38.1 Å². The third-order valence-electron chi connectivity index (χ3n) is 2.76. The number of benzene rings is 1. The van der Waals surface area contributed by atoms with Gasteiger partial charge < -0.3 is 4.74 Å². The van der Waals surface area contributed by atoms with Crippen molar-refractivity contribution in [2.45, 2.75) is 38.0 Å². The number of carbonyl (C=O) groups excluding carboxylic acids is 2. The van der Waals surface area contributed by atoms with Crippen LogP contribution in [0.2, 0.25) is 0 Å². The molecule has 0 aliphatic carbocycles. The van der Waals surface area contributed by atoms with E-state index in [1.54, 1.807) is 0 Å². The topological polar surface area (TPSA) is 55.4 Å². The van der Waals surface area contributed by atoms with E-state index in [-0.39, 0.29) is 22.5 Å². The second-order valence-corrected chi connectivity index (χ2v) is 5.91. The van der Waals surface area contributed by atoms with Crippen LogP contribution in [0.25, 0.3) is 0 Å². The highest BCUT2D eigenvalue weighted by atomic mass is 32.2. The predicted octanol–water partition coefficient (Wildman–Crippen LogP) is 2.76. The van der Waals surface area contributed by atoms with E-state index in [9.17, 15) is 9.59 Å². The number of ether oxygens (including phenoxy) is 1. The average Bonchev–Trinajstić information content (AvgIpc) is 2.66. The molecule has 1 heterocycles. The molecule has 0 unspecified atom stereocenters. The zero-order valence-corrected chi connectivity index (χ0v) is 11.8. The van der Waals surface area contributed by atoms with E-state index in [0.29, 0.717) is 6.42 Å². The van der Waals surface area contributed by atoms with Gasteiger partial charge in [0, 0.05) is 0 Å².